The summed E-state index contributed by atoms with van der Waals surface area (Å²) in [6, 6.07) is 18.6. The predicted octanol–water partition coefficient (Wildman–Crippen LogP) is 6.55. The number of halogens is 4. The number of piperidine rings is 1. The number of ether oxygens (including phenoxy) is 1. The number of nitrogens with zero attached hydrogens (tertiary/aromatic N) is 2. The molecule has 0 radical (unpaired) electrons. The molecule has 0 saturated carbocycles. The molecule has 0 aromatic heterocycles. The lowest BCUT2D eigenvalue weighted by Gasteiger charge is -2.38. The van der Waals surface area contributed by atoms with Gasteiger partial charge in [-0.15, -0.1) is 0 Å². The lowest BCUT2D eigenvalue weighted by molar-refractivity contribution is -0.137. The summed E-state index contributed by atoms with van der Waals surface area (Å²) in [5.74, 6) is -0.269. The zero-order valence-electron chi connectivity index (χ0n) is 20.5. The van der Waals surface area contributed by atoms with E-state index in [1.807, 2.05) is 54.6 Å². The van der Waals surface area contributed by atoms with Gasteiger partial charge in [-0.2, -0.15) is 13.2 Å². The van der Waals surface area contributed by atoms with Crippen LogP contribution in [0.3, 0.4) is 0 Å². The van der Waals surface area contributed by atoms with Crippen molar-refractivity contribution in [1.29, 1.82) is 0 Å². The smallest absolute Gasteiger partial charge is 0.416 e. The van der Waals surface area contributed by atoms with Gasteiger partial charge in [0.05, 0.1) is 12.7 Å². The molecule has 0 spiro atoms. The maximum atomic E-state index is 13.9. The van der Waals surface area contributed by atoms with Gasteiger partial charge in [-0.1, -0.05) is 42.5 Å². The van der Waals surface area contributed by atoms with Crippen molar-refractivity contribution in [3.63, 3.8) is 0 Å². The van der Waals surface area contributed by atoms with Gasteiger partial charge < -0.3 is 15.0 Å². The van der Waals surface area contributed by atoms with Crippen LogP contribution in [-0.2, 0) is 19.3 Å². The minimum Gasteiger partial charge on any atom is -0.497 e. The Hall–Kier alpha value is -3.59. The Kier molecular flexibility index (Phi) is 8.33. The van der Waals surface area contributed by atoms with Crippen molar-refractivity contribution in [3.05, 3.63) is 95.3 Å². The van der Waals surface area contributed by atoms with Crippen molar-refractivity contribution in [2.45, 2.75) is 38.1 Å². The van der Waals surface area contributed by atoms with Crippen molar-refractivity contribution in [3.8, 4) is 5.75 Å². The fraction of sp³-hybridized carbons (Fsp3) is 0.321. The van der Waals surface area contributed by atoms with Crippen molar-refractivity contribution in [1.82, 2.24) is 9.80 Å². The van der Waals surface area contributed by atoms with Gasteiger partial charge in [0.1, 0.15) is 11.6 Å². The lowest BCUT2D eigenvalue weighted by atomic mass is 10.0. The van der Waals surface area contributed by atoms with Crippen LogP contribution in [0.2, 0.25) is 0 Å². The average molecular weight is 516 g/mol. The maximum absolute atomic E-state index is 13.9. The van der Waals surface area contributed by atoms with Gasteiger partial charge in [-0.25, -0.2) is 9.18 Å². The fourth-order valence-electron chi connectivity index (χ4n) is 4.59. The number of amides is 2. The Morgan fingerprint density at radius 1 is 1.00 bits per heavy atom. The first-order valence-corrected chi connectivity index (χ1v) is 12.1. The van der Waals surface area contributed by atoms with E-state index in [1.54, 1.807) is 12.0 Å². The van der Waals surface area contributed by atoms with Crippen LogP contribution < -0.4 is 10.1 Å². The number of benzene rings is 3. The number of likely N-dealkylation sites (tertiary alicyclic amines) is 1. The highest BCUT2D eigenvalue weighted by Crippen LogP contribution is 2.32. The van der Waals surface area contributed by atoms with E-state index in [4.69, 9.17) is 4.74 Å². The standard InChI is InChI=1S/C28H29F4N3O2/c1-37-26-9-5-8-21(14-26)18-34-12-10-25(11-13-34)35(19-20-6-3-2-4-7-20)27(36)33-24-16-22(28(30,31)32)15-23(29)17-24/h2-9,14-17,25H,10-13,18-19H2,1H3,(H,33,36). The van der Waals surface area contributed by atoms with Crippen molar-refractivity contribution in [2.75, 3.05) is 25.5 Å². The van der Waals surface area contributed by atoms with E-state index >= 15 is 0 Å². The highest BCUT2D eigenvalue weighted by Gasteiger charge is 2.32. The third-order valence-corrected chi connectivity index (χ3v) is 6.47. The van der Waals surface area contributed by atoms with Crippen molar-refractivity contribution < 1.29 is 27.1 Å². The molecule has 9 heteroatoms. The van der Waals surface area contributed by atoms with Crippen molar-refractivity contribution >= 4 is 11.7 Å². The number of hydrogen-bond donors (Lipinski definition) is 1. The molecule has 2 amide bonds. The summed E-state index contributed by atoms with van der Waals surface area (Å²) >= 11 is 0. The average Bonchev–Trinajstić information content (AvgIpc) is 2.88. The van der Waals surface area contributed by atoms with Gasteiger partial charge in [0.2, 0.25) is 0 Å². The number of alkyl halides is 3. The molecule has 1 heterocycles. The highest BCUT2D eigenvalue weighted by molar-refractivity contribution is 5.89. The molecular weight excluding hydrogens is 486 g/mol. The third-order valence-electron chi connectivity index (χ3n) is 6.47. The van der Waals surface area contributed by atoms with Crippen LogP contribution in [0.15, 0.2) is 72.8 Å². The van der Waals surface area contributed by atoms with Crippen LogP contribution in [0.4, 0.5) is 28.0 Å². The molecule has 0 bridgehead atoms. The van der Waals surface area contributed by atoms with Gasteiger partial charge in [0.15, 0.2) is 0 Å². The normalized spacial score (nSPS) is 14.8. The van der Waals surface area contributed by atoms with Gasteiger partial charge in [-0.05, 0) is 54.3 Å². The Labute approximate surface area is 213 Å². The number of urea groups is 1. The molecular formula is C28H29F4N3O2. The molecule has 1 aliphatic heterocycles. The van der Waals surface area contributed by atoms with E-state index in [9.17, 15) is 22.4 Å². The maximum Gasteiger partial charge on any atom is 0.416 e. The molecule has 1 fully saturated rings. The Morgan fingerprint density at radius 2 is 1.70 bits per heavy atom. The summed E-state index contributed by atoms with van der Waals surface area (Å²) in [5.41, 5.74) is 0.643. The summed E-state index contributed by atoms with van der Waals surface area (Å²) in [6.07, 6.45) is -3.33. The van der Waals surface area contributed by atoms with E-state index in [0.29, 0.717) is 18.9 Å². The molecule has 1 saturated heterocycles. The van der Waals surface area contributed by atoms with Gasteiger partial charge in [-0.3, -0.25) is 4.90 Å². The Balaban J connectivity index is 1.47. The molecule has 0 aliphatic carbocycles. The Bertz CT molecular complexity index is 1200. The minimum atomic E-state index is -4.72. The first-order valence-electron chi connectivity index (χ1n) is 12.1. The molecule has 0 atom stereocenters. The summed E-state index contributed by atoms with van der Waals surface area (Å²) in [4.78, 5) is 17.2. The van der Waals surface area contributed by atoms with Gasteiger partial charge in [0, 0.05) is 37.9 Å². The zero-order chi connectivity index (χ0) is 26.4. The molecule has 1 N–H and O–H groups in total. The van der Waals surface area contributed by atoms with E-state index in [0.717, 1.165) is 48.6 Å². The summed E-state index contributed by atoms with van der Waals surface area (Å²) < 4.78 is 58.7. The predicted molar refractivity (Wildman–Crippen MR) is 134 cm³/mol. The topological polar surface area (TPSA) is 44.8 Å². The summed E-state index contributed by atoms with van der Waals surface area (Å²) in [6.45, 7) is 2.53. The number of carbonyl (C=O) groups excluding carboxylic acids is 1. The van der Waals surface area contributed by atoms with Crippen LogP contribution in [0.5, 0.6) is 5.75 Å². The molecule has 0 unspecified atom stereocenters. The summed E-state index contributed by atoms with van der Waals surface area (Å²) in [7, 11) is 1.63. The largest absolute Gasteiger partial charge is 0.497 e. The van der Waals surface area contributed by atoms with Crippen LogP contribution >= 0.6 is 0 Å². The number of anilines is 1. The number of carbonyl (C=O) groups is 1. The molecule has 3 aromatic rings. The van der Waals surface area contributed by atoms with E-state index in [1.165, 1.54) is 0 Å². The van der Waals surface area contributed by atoms with Gasteiger partial charge in [0.25, 0.3) is 0 Å². The van der Waals surface area contributed by atoms with Gasteiger partial charge >= 0.3 is 12.2 Å². The fourth-order valence-corrected chi connectivity index (χ4v) is 4.59. The quantitative estimate of drug-likeness (QED) is 0.363. The molecule has 1 aliphatic rings. The molecule has 196 valence electrons. The zero-order valence-corrected chi connectivity index (χ0v) is 20.5. The summed E-state index contributed by atoms with van der Waals surface area (Å²) in [5, 5.41) is 2.50. The highest BCUT2D eigenvalue weighted by atomic mass is 19.4. The second kappa shape index (κ2) is 11.6. The molecule has 4 rings (SSSR count). The van der Waals surface area contributed by atoms with Crippen LogP contribution in [0.1, 0.15) is 29.5 Å². The Morgan fingerprint density at radius 3 is 2.38 bits per heavy atom. The third kappa shape index (κ3) is 7.22. The van der Waals surface area contributed by atoms with Crippen LogP contribution in [-0.4, -0.2) is 42.1 Å². The van der Waals surface area contributed by atoms with Crippen molar-refractivity contribution in [2.24, 2.45) is 0 Å². The van der Waals surface area contributed by atoms with E-state index in [2.05, 4.69) is 10.2 Å². The number of hydrogen-bond acceptors (Lipinski definition) is 3. The lowest BCUT2D eigenvalue weighted by Crippen LogP contribution is -2.48. The number of rotatable bonds is 7. The van der Waals surface area contributed by atoms with E-state index < -0.39 is 23.6 Å². The van der Waals surface area contributed by atoms with Crippen LogP contribution in [0, 0.1) is 5.82 Å². The SMILES string of the molecule is COc1cccc(CN2CCC(N(Cc3ccccc3)C(=O)Nc3cc(F)cc(C(F)(F)F)c3)CC2)c1. The minimum absolute atomic E-state index is 0.127. The van der Waals surface area contributed by atoms with Crippen LogP contribution in [0.25, 0.3) is 0 Å². The molecule has 5 nitrogen and oxygen atoms in total. The second-order valence-corrected chi connectivity index (χ2v) is 9.13. The number of methoxy groups -OCH3 is 1. The van der Waals surface area contributed by atoms with E-state index in [-0.39, 0.29) is 18.3 Å². The monoisotopic (exact) mass is 515 g/mol. The molecule has 37 heavy (non-hydrogen) atoms. The molecule has 3 aromatic carbocycles. The first kappa shape index (κ1) is 26.5. The first-order chi connectivity index (χ1) is 17.7. The number of nitrogens with one attached hydrogen (secondary N) is 1. The second-order valence-electron chi connectivity index (χ2n) is 9.13.